The molecule has 0 fully saturated rings. The number of carbonyl (C=O) groups is 1. The maximum Gasteiger partial charge on any atom is 0.278 e. The van der Waals surface area contributed by atoms with E-state index in [2.05, 4.69) is 20.3 Å². The molecule has 1 amide bonds. The standard InChI is InChI=1S/C10H18N4O3/c1-7-10(13-17-12-7)16-6-5-11-9(15)8(2)14(3)4/h8H,5-6H2,1-4H3,(H,11,15)/t8-/m1/s1. The molecule has 0 unspecified atom stereocenters. The minimum Gasteiger partial charge on any atom is -0.472 e. The van der Waals surface area contributed by atoms with E-state index >= 15 is 0 Å². The topological polar surface area (TPSA) is 80.5 Å². The first-order valence-electron chi connectivity index (χ1n) is 5.38. The van der Waals surface area contributed by atoms with Gasteiger partial charge in [-0.25, -0.2) is 4.63 Å². The zero-order chi connectivity index (χ0) is 12.8. The van der Waals surface area contributed by atoms with E-state index in [4.69, 9.17) is 4.74 Å². The van der Waals surface area contributed by atoms with Gasteiger partial charge >= 0.3 is 0 Å². The van der Waals surface area contributed by atoms with Crippen LogP contribution in [0.1, 0.15) is 12.6 Å². The van der Waals surface area contributed by atoms with Crippen LogP contribution in [0.5, 0.6) is 5.88 Å². The molecule has 0 saturated carbocycles. The highest BCUT2D eigenvalue weighted by molar-refractivity contribution is 5.81. The van der Waals surface area contributed by atoms with Crippen LogP contribution in [0.25, 0.3) is 0 Å². The number of hydrogen-bond acceptors (Lipinski definition) is 6. The maximum absolute atomic E-state index is 11.6. The van der Waals surface area contributed by atoms with Crippen molar-refractivity contribution in [2.45, 2.75) is 19.9 Å². The summed E-state index contributed by atoms with van der Waals surface area (Å²) in [5.74, 6) is 0.327. The molecule has 1 atom stereocenters. The lowest BCUT2D eigenvalue weighted by Gasteiger charge is -2.18. The zero-order valence-corrected chi connectivity index (χ0v) is 10.6. The summed E-state index contributed by atoms with van der Waals surface area (Å²) in [6.45, 7) is 4.32. The summed E-state index contributed by atoms with van der Waals surface area (Å²) in [5, 5.41) is 9.90. The second kappa shape index (κ2) is 6.19. The van der Waals surface area contributed by atoms with Crippen LogP contribution in [-0.4, -0.2) is 54.4 Å². The van der Waals surface area contributed by atoms with Crippen molar-refractivity contribution < 1.29 is 14.2 Å². The Hall–Kier alpha value is -1.63. The van der Waals surface area contributed by atoms with Crippen molar-refractivity contribution in [1.82, 2.24) is 20.5 Å². The molecule has 1 aromatic rings. The van der Waals surface area contributed by atoms with Gasteiger partial charge in [0.2, 0.25) is 5.91 Å². The van der Waals surface area contributed by atoms with E-state index in [1.807, 2.05) is 25.9 Å². The summed E-state index contributed by atoms with van der Waals surface area (Å²) in [4.78, 5) is 13.4. The average molecular weight is 242 g/mol. The lowest BCUT2D eigenvalue weighted by Crippen LogP contribution is -2.42. The average Bonchev–Trinajstić information content (AvgIpc) is 2.69. The third kappa shape index (κ3) is 4.03. The Bertz CT molecular complexity index is 364. The summed E-state index contributed by atoms with van der Waals surface area (Å²) >= 11 is 0. The van der Waals surface area contributed by atoms with Gasteiger partial charge in [-0.2, -0.15) is 0 Å². The number of rotatable bonds is 6. The summed E-state index contributed by atoms with van der Waals surface area (Å²) < 4.78 is 9.75. The lowest BCUT2D eigenvalue weighted by atomic mass is 10.3. The first-order valence-corrected chi connectivity index (χ1v) is 5.38. The number of aromatic nitrogens is 2. The van der Waals surface area contributed by atoms with E-state index in [1.54, 1.807) is 6.92 Å². The highest BCUT2D eigenvalue weighted by atomic mass is 16.6. The molecule has 7 heteroatoms. The predicted molar refractivity (Wildman–Crippen MR) is 60.7 cm³/mol. The van der Waals surface area contributed by atoms with Crippen LogP contribution in [0.15, 0.2) is 4.63 Å². The second-order valence-electron chi connectivity index (χ2n) is 3.93. The van der Waals surface area contributed by atoms with Crippen LogP contribution >= 0.6 is 0 Å². The van der Waals surface area contributed by atoms with Crippen molar-refractivity contribution in [3.05, 3.63) is 5.69 Å². The minimum atomic E-state index is -0.162. The Morgan fingerprint density at radius 1 is 1.53 bits per heavy atom. The molecule has 7 nitrogen and oxygen atoms in total. The smallest absolute Gasteiger partial charge is 0.278 e. The number of nitrogens with one attached hydrogen (secondary N) is 1. The molecule has 1 rings (SSSR count). The fourth-order valence-electron chi connectivity index (χ4n) is 1.06. The second-order valence-corrected chi connectivity index (χ2v) is 3.93. The Labute approximate surface area is 100 Å². The summed E-state index contributed by atoms with van der Waals surface area (Å²) in [5.41, 5.74) is 0.595. The molecule has 0 aliphatic carbocycles. The van der Waals surface area contributed by atoms with Crippen molar-refractivity contribution in [1.29, 1.82) is 0 Å². The number of carbonyl (C=O) groups excluding carboxylic acids is 1. The van der Waals surface area contributed by atoms with Gasteiger partial charge in [0.15, 0.2) is 0 Å². The van der Waals surface area contributed by atoms with Crippen molar-refractivity contribution in [2.75, 3.05) is 27.2 Å². The number of likely N-dealkylation sites (N-methyl/N-ethyl adjacent to an activating group) is 1. The molecule has 0 bridgehead atoms. The number of aryl methyl sites for hydroxylation is 1. The van der Waals surface area contributed by atoms with E-state index in [1.165, 1.54) is 0 Å². The van der Waals surface area contributed by atoms with E-state index in [0.29, 0.717) is 24.7 Å². The fourth-order valence-corrected chi connectivity index (χ4v) is 1.06. The molecular formula is C10H18N4O3. The largest absolute Gasteiger partial charge is 0.472 e. The normalized spacial score (nSPS) is 12.5. The lowest BCUT2D eigenvalue weighted by molar-refractivity contribution is -0.125. The summed E-state index contributed by atoms with van der Waals surface area (Å²) in [6.07, 6.45) is 0. The van der Waals surface area contributed by atoms with Crippen LogP contribution < -0.4 is 10.1 Å². The van der Waals surface area contributed by atoms with Gasteiger partial charge in [-0.1, -0.05) is 5.16 Å². The van der Waals surface area contributed by atoms with Gasteiger partial charge in [0.05, 0.1) is 12.6 Å². The van der Waals surface area contributed by atoms with Crippen LogP contribution in [0, 0.1) is 6.92 Å². The van der Waals surface area contributed by atoms with Crippen LogP contribution in [0.3, 0.4) is 0 Å². The molecule has 0 spiro atoms. The Balaban J connectivity index is 2.21. The Kier molecular flexibility index (Phi) is 4.89. The van der Waals surface area contributed by atoms with Gasteiger partial charge in [-0.15, -0.1) is 0 Å². The molecule has 0 aromatic carbocycles. The van der Waals surface area contributed by atoms with Gasteiger partial charge in [-0.3, -0.25) is 9.69 Å². The SMILES string of the molecule is Cc1nonc1OCCNC(=O)[C@@H](C)N(C)C. The molecule has 0 radical (unpaired) electrons. The van der Waals surface area contributed by atoms with Crippen molar-refractivity contribution in [3.63, 3.8) is 0 Å². The van der Waals surface area contributed by atoms with E-state index in [9.17, 15) is 4.79 Å². The van der Waals surface area contributed by atoms with Crippen LogP contribution in [0.4, 0.5) is 0 Å². The summed E-state index contributed by atoms with van der Waals surface area (Å²) in [7, 11) is 3.70. The molecule has 1 aromatic heterocycles. The molecule has 1 N–H and O–H groups in total. The quantitative estimate of drug-likeness (QED) is 0.697. The predicted octanol–water partition coefficient (Wildman–Crippen LogP) is -0.177. The number of hydrogen-bond donors (Lipinski definition) is 1. The highest BCUT2D eigenvalue weighted by Crippen LogP contribution is 2.09. The molecule has 0 aliphatic heterocycles. The summed E-state index contributed by atoms with van der Waals surface area (Å²) in [6, 6.07) is -0.162. The van der Waals surface area contributed by atoms with Gasteiger partial charge in [0.1, 0.15) is 12.3 Å². The molecule has 1 heterocycles. The van der Waals surface area contributed by atoms with Crippen LogP contribution in [-0.2, 0) is 4.79 Å². The molecule has 0 aliphatic rings. The minimum absolute atomic E-state index is 0.0337. The Morgan fingerprint density at radius 2 is 2.24 bits per heavy atom. The maximum atomic E-state index is 11.6. The molecule has 96 valence electrons. The van der Waals surface area contributed by atoms with E-state index in [-0.39, 0.29) is 11.9 Å². The third-order valence-electron chi connectivity index (χ3n) is 2.41. The third-order valence-corrected chi connectivity index (χ3v) is 2.41. The molecule has 17 heavy (non-hydrogen) atoms. The van der Waals surface area contributed by atoms with E-state index in [0.717, 1.165) is 0 Å². The van der Waals surface area contributed by atoms with Crippen molar-refractivity contribution in [2.24, 2.45) is 0 Å². The molecular weight excluding hydrogens is 224 g/mol. The number of ether oxygens (including phenoxy) is 1. The number of amides is 1. The van der Waals surface area contributed by atoms with Gasteiger partial charge in [0.25, 0.3) is 5.88 Å². The fraction of sp³-hybridized carbons (Fsp3) is 0.700. The highest BCUT2D eigenvalue weighted by Gasteiger charge is 2.14. The molecule has 0 saturated heterocycles. The first-order chi connectivity index (χ1) is 8.02. The van der Waals surface area contributed by atoms with Gasteiger partial charge < -0.3 is 10.1 Å². The number of nitrogens with zero attached hydrogens (tertiary/aromatic N) is 3. The zero-order valence-electron chi connectivity index (χ0n) is 10.6. The van der Waals surface area contributed by atoms with Gasteiger partial charge in [0, 0.05) is 0 Å². The van der Waals surface area contributed by atoms with E-state index < -0.39 is 0 Å². The monoisotopic (exact) mass is 242 g/mol. The first kappa shape index (κ1) is 13.4. The Morgan fingerprint density at radius 3 is 2.76 bits per heavy atom. The van der Waals surface area contributed by atoms with Crippen LogP contribution in [0.2, 0.25) is 0 Å². The van der Waals surface area contributed by atoms with Crippen molar-refractivity contribution in [3.8, 4) is 5.88 Å². The van der Waals surface area contributed by atoms with Crippen molar-refractivity contribution >= 4 is 5.91 Å². The van der Waals surface area contributed by atoms with Gasteiger partial charge in [-0.05, 0) is 33.1 Å².